The number of hydrogen-bond donors (Lipinski definition) is 1. The van der Waals surface area contributed by atoms with Crippen LogP contribution in [0.4, 0.5) is 5.69 Å². The molecule has 1 heterocycles. The number of carbonyl (C=O) groups excluding carboxylic acids is 2. The van der Waals surface area contributed by atoms with E-state index in [-0.39, 0.29) is 11.8 Å². The van der Waals surface area contributed by atoms with E-state index in [4.69, 9.17) is 11.6 Å². The second-order valence-corrected chi connectivity index (χ2v) is 6.43. The molecule has 0 atom stereocenters. The third-order valence-electron chi connectivity index (χ3n) is 4.18. The number of carbonyl (C=O) groups is 2. The second kappa shape index (κ2) is 8.14. The first kappa shape index (κ1) is 17.5. The van der Waals surface area contributed by atoms with E-state index in [0.717, 1.165) is 5.69 Å². The lowest BCUT2D eigenvalue weighted by Crippen LogP contribution is -2.50. The number of hydrogen-bond acceptors (Lipinski definition) is 3. The van der Waals surface area contributed by atoms with Gasteiger partial charge in [-0.15, -0.1) is 0 Å². The molecule has 0 aliphatic carbocycles. The van der Waals surface area contributed by atoms with Crippen LogP contribution in [0.1, 0.15) is 10.4 Å². The Labute approximate surface area is 152 Å². The largest absolute Gasteiger partial charge is 0.336 e. The molecule has 0 spiro atoms. The number of benzene rings is 2. The normalized spacial score (nSPS) is 15.0. The second-order valence-electron chi connectivity index (χ2n) is 5.99. The molecule has 1 aliphatic heterocycles. The Morgan fingerprint density at radius 2 is 1.56 bits per heavy atom. The summed E-state index contributed by atoms with van der Waals surface area (Å²) < 4.78 is 0. The van der Waals surface area contributed by atoms with Gasteiger partial charge in [-0.1, -0.05) is 29.8 Å². The van der Waals surface area contributed by atoms with Crippen LogP contribution in [-0.4, -0.2) is 54.3 Å². The average molecular weight is 358 g/mol. The van der Waals surface area contributed by atoms with Crippen LogP contribution >= 0.6 is 11.6 Å². The van der Waals surface area contributed by atoms with Crippen LogP contribution in [0.5, 0.6) is 0 Å². The molecule has 25 heavy (non-hydrogen) atoms. The van der Waals surface area contributed by atoms with Crippen LogP contribution in [0.2, 0.25) is 5.02 Å². The number of piperazine rings is 1. The number of nitrogens with zero attached hydrogens (tertiary/aromatic N) is 2. The first-order chi connectivity index (χ1) is 12.1. The first-order valence-corrected chi connectivity index (χ1v) is 8.62. The first-order valence-electron chi connectivity index (χ1n) is 8.24. The maximum atomic E-state index is 12.5. The van der Waals surface area contributed by atoms with Crippen molar-refractivity contribution in [1.29, 1.82) is 0 Å². The number of anilines is 1. The molecule has 1 fully saturated rings. The Kier molecular flexibility index (Phi) is 5.68. The summed E-state index contributed by atoms with van der Waals surface area (Å²) in [7, 11) is 0. The van der Waals surface area contributed by atoms with E-state index in [1.807, 2.05) is 35.2 Å². The van der Waals surface area contributed by atoms with Crippen LogP contribution in [0.15, 0.2) is 54.6 Å². The summed E-state index contributed by atoms with van der Waals surface area (Å²) in [5.74, 6) is -0.0336. The molecule has 130 valence electrons. The molecule has 3 rings (SSSR count). The van der Waals surface area contributed by atoms with Crippen molar-refractivity contribution < 1.29 is 9.59 Å². The zero-order chi connectivity index (χ0) is 17.6. The van der Waals surface area contributed by atoms with Gasteiger partial charge in [-0.2, -0.15) is 0 Å². The number of rotatable bonds is 4. The zero-order valence-electron chi connectivity index (χ0n) is 13.8. The minimum Gasteiger partial charge on any atom is -0.336 e. The predicted octanol–water partition coefficient (Wildman–Crippen LogP) is 2.74. The monoisotopic (exact) mass is 357 g/mol. The van der Waals surface area contributed by atoms with Crippen molar-refractivity contribution in [2.75, 3.05) is 38.0 Å². The van der Waals surface area contributed by atoms with Crippen LogP contribution in [0.3, 0.4) is 0 Å². The zero-order valence-corrected chi connectivity index (χ0v) is 14.6. The van der Waals surface area contributed by atoms with Crippen molar-refractivity contribution in [2.24, 2.45) is 0 Å². The highest BCUT2D eigenvalue weighted by molar-refractivity contribution is 6.30. The highest BCUT2D eigenvalue weighted by Crippen LogP contribution is 2.13. The topological polar surface area (TPSA) is 52.7 Å². The lowest BCUT2D eigenvalue weighted by molar-refractivity contribution is -0.117. The molecule has 2 aromatic carbocycles. The summed E-state index contributed by atoms with van der Waals surface area (Å²) in [6, 6.07) is 16.3. The fraction of sp³-hybridized carbons (Fsp3) is 0.263. The van der Waals surface area contributed by atoms with E-state index in [0.29, 0.717) is 43.3 Å². The standard InChI is InChI=1S/C19H20ClN3O2/c20-16-8-6-15(7-9-16)19(25)23-12-10-22(11-13-23)14-18(24)21-17-4-2-1-3-5-17/h1-9H,10-14H2,(H,21,24). The molecule has 5 nitrogen and oxygen atoms in total. The Hall–Kier alpha value is -2.37. The molecule has 6 heteroatoms. The van der Waals surface area contributed by atoms with Gasteiger partial charge < -0.3 is 10.2 Å². The van der Waals surface area contributed by atoms with Gasteiger partial charge in [0.05, 0.1) is 6.54 Å². The van der Waals surface area contributed by atoms with Gasteiger partial charge in [-0.05, 0) is 36.4 Å². The summed E-state index contributed by atoms with van der Waals surface area (Å²) in [5.41, 5.74) is 1.43. The van der Waals surface area contributed by atoms with Crippen molar-refractivity contribution in [1.82, 2.24) is 9.80 Å². The van der Waals surface area contributed by atoms with Gasteiger partial charge in [0.2, 0.25) is 5.91 Å². The highest BCUT2D eigenvalue weighted by atomic mass is 35.5. The highest BCUT2D eigenvalue weighted by Gasteiger charge is 2.23. The summed E-state index contributed by atoms with van der Waals surface area (Å²) in [5, 5.41) is 3.50. The molecule has 1 N–H and O–H groups in total. The van der Waals surface area contributed by atoms with E-state index >= 15 is 0 Å². The molecule has 1 aliphatic rings. The van der Waals surface area contributed by atoms with E-state index in [9.17, 15) is 9.59 Å². The van der Waals surface area contributed by atoms with Crippen LogP contribution in [0, 0.1) is 0 Å². The minimum atomic E-state index is -0.0383. The lowest BCUT2D eigenvalue weighted by Gasteiger charge is -2.34. The summed E-state index contributed by atoms with van der Waals surface area (Å²) in [6.45, 7) is 2.92. The van der Waals surface area contributed by atoms with Gasteiger partial charge in [0.15, 0.2) is 0 Å². The van der Waals surface area contributed by atoms with Crippen molar-refractivity contribution in [2.45, 2.75) is 0 Å². The maximum absolute atomic E-state index is 12.5. The fourth-order valence-corrected chi connectivity index (χ4v) is 2.94. The van der Waals surface area contributed by atoms with Gasteiger partial charge in [-0.3, -0.25) is 14.5 Å². The van der Waals surface area contributed by atoms with Crippen molar-refractivity contribution in [3.8, 4) is 0 Å². The van der Waals surface area contributed by atoms with E-state index in [1.165, 1.54) is 0 Å². The number of halogens is 1. The molecule has 0 saturated carbocycles. The molecular formula is C19H20ClN3O2. The quantitative estimate of drug-likeness (QED) is 0.915. The minimum absolute atomic E-state index is 0.00468. The van der Waals surface area contributed by atoms with E-state index < -0.39 is 0 Å². The van der Waals surface area contributed by atoms with Crippen LogP contribution in [0.25, 0.3) is 0 Å². The van der Waals surface area contributed by atoms with Gasteiger partial charge in [0.25, 0.3) is 5.91 Å². The third kappa shape index (κ3) is 4.81. The molecule has 0 unspecified atom stereocenters. The molecule has 2 aromatic rings. The Balaban J connectivity index is 1.47. The molecule has 0 aromatic heterocycles. The number of amides is 2. The summed E-state index contributed by atoms with van der Waals surface area (Å²) in [4.78, 5) is 28.4. The maximum Gasteiger partial charge on any atom is 0.253 e. The van der Waals surface area contributed by atoms with Gasteiger partial charge in [0, 0.05) is 42.5 Å². The molecular weight excluding hydrogens is 338 g/mol. The van der Waals surface area contributed by atoms with Gasteiger partial charge in [0.1, 0.15) is 0 Å². The SMILES string of the molecule is O=C(CN1CCN(C(=O)c2ccc(Cl)cc2)CC1)Nc1ccccc1. The third-order valence-corrected chi connectivity index (χ3v) is 4.43. The van der Waals surface area contributed by atoms with Crippen LogP contribution in [-0.2, 0) is 4.79 Å². The van der Waals surface area contributed by atoms with E-state index in [2.05, 4.69) is 10.2 Å². The number of para-hydroxylation sites is 1. The number of nitrogens with one attached hydrogen (secondary N) is 1. The average Bonchev–Trinajstić information content (AvgIpc) is 2.63. The Morgan fingerprint density at radius 1 is 0.920 bits per heavy atom. The Morgan fingerprint density at radius 3 is 2.20 bits per heavy atom. The summed E-state index contributed by atoms with van der Waals surface area (Å²) in [6.07, 6.45) is 0. The van der Waals surface area contributed by atoms with Crippen molar-refractivity contribution in [3.05, 3.63) is 65.2 Å². The van der Waals surface area contributed by atoms with Crippen molar-refractivity contribution in [3.63, 3.8) is 0 Å². The predicted molar refractivity (Wildman–Crippen MR) is 98.9 cm³/mol. The van der Waals surface area contributed by atoms with Crippen LogP contribution < -0.4 is 5.32 Å². The fourth-order valence-electron chi connectivity index (χ4n) is 2.81. The molecule has 2 amide bonds. The molecule has 1 saturated heterocycles. The van der Waals surface area contributed by atoms with E-state index in [1.54, 1.807) is 24.3 Å². The summed E-state index contributed by atoms with van der Waals surface area (Å²) >= 11 is 5.86. The lowest BCUT2D eigenvalue weighted by atomic mass is 10.2. The van der Waals surface area contributed by atoms with Gasteiger partial charge in [-0.25, -0.2) is 0 Å². The Bertz CT molecular complexity index is 726. The molecule has 0 bridgehead atoms. The smallest absolute Gasteiger partial charge is 0.253 e. The van der Waals surface area contributed by atoms with Crippen molar-refractivity contribution >= 4 is 29.1 Å². The van der Waals surface area contributed by atoms with Gasteiger partial charge >= 0.3 is 0 Å². The molecule has 0 radical (unpaired) electrons.